The first kappa shape index (κ1) is 15.5. The predicted molar refractivity (Wildman–Crippen MR) is 81.7 cm³/mol. The van der Waals surface area contributed by atoms with Crippen LogP contribution in [0.3, 0.4) is 0 Å². The first-order valence-electron chi connectivity index (χ1n) is 7.29. The molecule has 114 valence electrons. The third kappa shape index (κ3) is 4.56. The van der Waals surface area contributed by atoms with Gasteiger partial charge in [0.25, 0.3) is 5.91 Å². The monoisotopic (exact) mass is 289 g/mol. The van der Waals surface area contributed by atoms with Crippen LogP contribution in [0.5, 0.6) is 0 Å². The summed E-state index contributed by atoms with van der Waals surface area (Å²) in [5.74, 6) is 0.0827. The molecule has 2 amide bonds. The van der Waals surface area contributed by atoms with E-state index >= 15 is 0 Å². The number of nitrogens with one attached hydrogen (secondary N) is 1. The van der Waals surface area contributed by atoms with Gasteiger partial charge < -0.3 is 16.0 Å². The Balaban J connectivity index is 1.92. The fourth-order valence-electron chi connectivity index (χ4n) is 2.26. The zero-order valence-electron chi connectivity index (χ0n) is 12.7. The van der Waals surface area contributed by atoms with E-state index in [0.717, 1.165) is 18.5 Å². The van der Waals surface area contributed by atoms with Crippen LogP contribution < -0.4 is 11.1 Å². The van der Waals surface area contributed by atoms with Crippen molar-refractivity contribution in [3.8, 4) is 0 Å². The molecular weight excluding hydrogens is 266 g/mol. The minimum absolute atomic E-state index is 0.127. The predicted octanol–water partition coefficient (Wildman–Crippen LogP) is 1.28. The minimum atomic E-state index is -0.425. The normalized spacial score (nSPS) is 15.4. The molecule has 1 aromatic rings. The van der Waals surface area contributed by atoms with Gasteiger partial charge in [-0.3, -0.25) is 9.59 Å². The molecule has 0 aliphatic carbocycles. The molecule has 1 aliphatic rings. The Labute approximate surface area is 125 Å². The second-order valence-corrected chi connectivity index (χ2v) is 6.29. The fraction of sp³-hybridized carbons (Fsp3) is 0.500. The molecular formula is C16H23N3O2. The molecule has 0 saturated carbocycles. The smallest absolute Gasteiger partial charge is 0.251 e. The number of hydrogen-bond acceptors (Lipinski definition) is 3. The first-order chi connectivity index (χ1) is 9.85. The zero-order chi connectivity index (χ0) is 15.5. The lowest BCUT2D eigenvalue weighted by Gasteiger charge is -2.19. The van der Waals surface area contributed by atoms with Crippen molar-refractivity contribution in [2.45, 2.75) is 38.8 Å². The van der Waals surface area contributed by atoms with E-state index in [1.165, 1.54) is 0 Å². The van der Waals surface area contributed by atoms with Crippen LogP contribution in [0.4, 0.5) is 0 Å². The Bertz CT molecular complexity index is 517. The Morgan fingerprint density at radius 2 is 2.00 bits per heavy atom. The molecule has 0 unspecified atom stereocenters. The number of benzene rings is 1. The first-order valence-corrected chi connectivity index (χ1v) is 7.29. The highest BCUT2D eigenvalue weighted by Gasteiger charge is 2.20. The Hall–Kier alpha value is -1.88. The molecule has 5 heteroatoms. The van der Waals surface area contributed by atoms with Gasteiger partial charge in [0.2, 0.25) is 5.91 Å². The van der Waals surface area contributed by atoms with Gasteiger partial charge in [0.15, 0.2) is 0 Å². The summed E-state index contributed by atoms with van der Waals surface area (Å²) in [4.78, 5) is 25.4. The van der Waals surface area contributed by atoms with Crippen LogP contribution in [0.1, 0.15) is 42.6 Å². The zero-order valence-corrected chi connectivity index (χ0v) is 12.7. The molecule has 21 heavy (non-hydrogen) atoms. The van der Waals surface area contributed by atoms with Gasteiger partial charge in [0.1, 0.15) is 0 Å². The largest absolute Gasteiger partial charge is 0.350 e. The van der Waals surface area contributed by atoms with E-state index < -0.39 is 5.54 Å². The number of amides is 2. The molecule has 5 nitrogen and oxygen atoms in total. The summed E-state index contributed by atoms with van der Waals surface area (Å²) in [6.45, 7) is 5.60. The van der Waals surface area contributed by atoms with Gasteiger partial charge in [0.05, 0.1) is 0 Å². The standard InChI is InChI=1S/C16H23N3O2/c1-16(2,17)11-18-15(21)13-7-5-12(6-8-13)10-19-9-3-4-14(19)20/h5-8H,3-4,9-11,17H2,1-2H3,(H,18,21). The molecule has 1 heterocycles. The average molecular weight is 289 g/mol. The van der Waals surface area contributed by atoms with Crippen molar-refractivity contribution < 1.29 is 9.59 Å². The summed E-state index contributed by atoms with van der Waals surface area (Å²) >= 11 is 0. The number of hydrogen-bond donors (Lipinski definition) is 2. The minimum Gasteiger partial charge on any atom is -0.350 e. The molecule has 1 saturated heterocycles. The maximum absolute atomic E-state index is 12.0. The van der Waals surface area contributed by atoms with Gasteiger partial charge in [-0.15, -0.1) is 0 Å². The van der Waals surface area contributed by atoms with Crippen LogP contribution in [0.25, 0.3) is 0 Å². The summed E-state index contributed by atoms with van der Waals surface area (Å²) in [6, 6.07) is 7.37. The van der Waals surface area contributed by atoms with Crippen molar-refractivity contribution in [1.29, 1.82) is 0 Å². The van der Waals surface area contributed by atoms with Gasteiger partial charge in [-0.2, -0.15) is 0 Å². The van der Waals surface area contributed by atoms with Crippen LogP contribution in [-0.2, 0) is 11.3 Å². The Morgan fingerprint density at radius 1 is 1.33 bits per heavy atom. The van der Waals surface area contributed by atoms with E-state index in [1.54, 1.807) is 12.1 Å². The lowest BCUT2D eigenvalue weighted by molar-refractivity contribution is -0.128. The van der Waals surface area contributed by atoms with E-state index in [-0.39, 0.29) is 11.8 Å². The van der Waals surface area contributed by atoms with E-state index in [1.807, 2.05) is 30.9 Å². The molecule has 1 fully saturated rings. The molecule has 0 bridgehead atoms. The van der Waals surface area contributed by atoms with Crippen LogP contribution >= 0.6 is 0 Å². The highest BCUT2D eigenvalue weighted by atomic mass is 16.2. The maximum Gasteiger partial charge on any atom is 0.251 e. The number of likely N-dealkylation sites (tertiary alicyclic amines) is 1. The summed E-state index contributed by atoms with van der Waals surface area (Å²) in [5, 5.41) is 2.81. The lowest BCUT2D eigenvalue weighted by atomic mass is 10.1. The van der Waals surface area contributed by atoms with Crippen LogP contribution in [0.15, 0.2) is 24.3 Å². The number of nitrogens with zero attached hydrogens (tertiary/aromatic N) is 1. The van der Waals surface area contributed by atoms with Gasteiger partial charge in [-0.25, -0.2) is 0 Å². The van der Waals surface area contributed by atoms with Gasteiger partial charge in [-0.05, 0) is 38.0 Å². The number of nitrogens with two attached hydrogens (primary N) is 1. The van der Waals surface area contributed by atoms with Crippen LogP contribution in [0.2, 0.25) is 0 Å². The molecule has 0 spiro atoms. The van der Waals surface area contributed by atoms with Crippen molar-refractivity contribution in [1.82, 2.24) is 10.2 Å². The third-order valence-corrected chi connectivity index (χ3v) is 3.47. The topological polar surface area (TPSA) is 75.4 Å². The summed E-state index contributed by atoms with van der Waals surface area (Å²) in [6.07, 6.45) is 1.59. The lowest BCUT2D eigenvalue weighted by Crippen LogP contribution is -2.45. The van der Waals surface area contributed by atoms with Crippen LogP contribution in [0, 0.1) is 0 Å². The van der Waals surface area contributed by atoms with Crippen molar-refractivity contribution in [3.63, 3.8) is 0 Å². The number of carbonyl (C=O) groups is 2. The number of carbonyl (C=O) groups excluding carboxylic acids is 2. The highest BCUT2D eigenvalue weighted by molar-refractivity contribution is 5.94. The van der Waals surface area contributed by atoms with Gasteiger partial charge >= 0.3 is 0 Å². The van der Waals surface area contributed by atoms with Crippen molar-refractivity contribution in [3.05, 3.63) is 35.4 Å². The summed E-state index contributed by atoms with van der Waals surface area (Å²) in [7, 11) is 0. The van der Waals surface area contributed by atoms with Crippen molar-refractivity contribution in [2.24, 2.45) is 5.73 Å². The molecule has 3 N–H and O–H groups in total. The quantitative estimate of drug-likeness (QED) is 0.857. The van der Waals surface area contributed by atoms with E-state index in [9.17, 15) is 9.59 Å². The average Bonchev–Trinajstić information content (AvgIpc) is 2.82. The van der Waals surface area contributed by atoms with Gasteiger partial charge in [-0.1, -0.05) is 12.1 Å². The molecule has 1 aliphatic heterocycles. The molecule has 1 aromatic carbocycles. The number of rotatable bonds is 5. The summed E-state index contributed by atoms with van der Waals surface area (Å²) < 4.78 is 0. The fourth-order valence-corrected chi connectivity index (χ4v) is 2.26. The summed E-state index contributed by atoms with van der Waals surface area (Å²) in [5.41, 5.74) is 7.06. The second kappa shape index (κ2) is 6.26. The van der Waals surface area contributed by atoms with Crippen molar-refractivity contribution in [2.75, 3.05) is 13.1 Å². The molecule has 0 radical (unpaired) electrons. The molecule has 0 atom stereocenters. The highest BCUT2D eigenvalue weighted by Crippen LogP contribution is 2.14. The molecule has 0 aromatic heterocycles. The second-order valence-electron chi connectivity index (χ2n) is 6.29. The maximum atomic E-state index is 12.0. The van der Waals surface area contributed by atoms with E-state index in [2.05, 4.69) is 5.32 Å². The van der Waals surface area contributed by atoms with E-state index in [4.69, 9.17) is 5.73 Å². The SMILES string of the molecule is CC(C)(N)CNC(=O)c1ccc(CN2CCCC2=O)cc1. The van der Waals surface area contributed by atoms with Crippen LogP contribution in [-0.4, -0.2) is 35.3 Å². The van der Waals surface area contributed by atoms with E-state index in [0.29, 0.717) is 25.1 Å². The molecule has 2 rings (SSSR count). The Kier molecular flexibility index (Phi) is 4.63. The Morgan fingerprint density at radius 3 is 2.52 bits per heavy atom. The third-order valence-electron chi connectivity index (χ3n) is 3.47. The van der Waals surface area contributed by atoms with Crippen molar-refractivity contribution >= 4 is 11.8 Å². The van der Waals surface area contributed by atoms with Gasteiger partial charge in [0, 0.05) is 37.2 Å².